The zero-order valence-corrected chi connectivity index (χ0v) is 9.95. The van der Waals surface area contributed by atoms with Crippen LogP contribution in [0.5, 0.6) is 0 Å². The molecule has 0 amide bonds. The summed E-state index contributed by atoms with van der Waals surface area (Å²) < 4.78 is 1.23. The first-order valence-corrected chi connectivity index (χ1v) is 6.03. The molecule has 1 aromatic heterocycles. The van der Waals surface area contributed by atoms with Gasteiger partial charge in [-0.05, 0) is 12.1 Å². The van der Waals surface area contributed by atoms with Crippen LogP contribution in [0.2, 0.25) is 4.34 Å². The Balaban J connectivity index is 2.44. The van der Waals surface area contributed by atoms with Crippen molar-refractivity contribution in [3.05, 3.63) is 21.3 Å². The van der Waals surface area contributed by atoms with Crippen LogP contribution in [0.15, 0.2) is 12.1 Å². The molecule has 1 aromatic rings. The zero-order chi connectivity index (χ0) is 9.19. The quantitative estimate of drug-likeness (QED) is 0.711. The van der Waals surface area contributed by atoms with Crippen molar-refractivity contribution in [3.8, 4) is 0 Å². The summed E-state index contributed by atoms with van der Waals surface area (Å²) in [7, 11) is 0. The fourth-order valence-electron chi connectivity index (χ4n) is 0.717. The van der Waals surface area contributed by atoms with Crippen LogP contribution in [0, 0.1) is 0 Å². The Morgan fingerprint density at radius 2 is 2.08 bits per heavy atom. The maximum absolute atomic E-state index is 5.82. The Morgan fingerprint density at radius 3 is 2.50 bits per heavy atom. The van der Waals surface area contributed by atoms with Crippen LogP contribution >= 0.6 is 34.7 Å². The minimum atomic E-state index is 0.344. The number of thiophene rings is 1. The van der Waals surface area contributed by atoms with E-state index in [-0.39, 0.29) is 0 Å². The van der Waals surface area contributed by atoms with E-state index < -0.39 is 0 Å². The SMILES string of the molecule is CC(C)(C)SCc1ccc(Cl)s1. The van der Waals surface area contributed by atoms with Gasteiger partial charge in [-0.3, -0.25) is 0 Å². The van der Waals surface area contributed by atoms with Crippen molar-refractivity contribution in [2.45, 2.75) is 31.3 Å². The second-order valence-electron chi connectivity index (χ2n) is 3.61. The number of rotatable bonds is 2. The van der Waals surface area contributed by atoms with Gasteiger partial charge in [0.15, 0.2) is 0 Å². The van der Waals surface area contributed by atoms with Gasteiger partial charge >= 0.3 is 0 Å². The molecule has 0 fully saturated rings. The molecule has 0 saturated heterocycles. The van der Waals surface area contributed by atoms with Crippen LogP contribution in [0.3, 0.4) is 0 Å². The van der Waals surface area contributed by atoms with Crippen LogP contribution in [0.25, 0.3) is 0 Å². The summed E-state index contributed by atoms with van der Waals surface area (Å²) in [6, 6.07) is 4.07. The number of halogens is 1. The standard InChI is InChI=1S/C9H13ClS2/c1-9(2,3)11-6-7-4-5-8(10)12-7/h4-5H,6H2,1-3H3. The lowest BCUT2D eigenvalue weighted by molar-refractivity contribution is 0.802. The Labute approximate surface area is 87.3 Å². The predicted molar refractivity (Wildman–Crippen MR) is 60.4 cm³/mol. The highest BCUT2D eigenvalue weighted by Crippen LogP contribution is 2.31. The van der Waals surface area contributed by atoms with Crippen LogP contribution in [-0.2, 0) is 5.75 Å². The molecule has 0 bridgehead atoms. The highest BCUT2D eigenvalue weighted by molar-refractivity contribution is 7.99. The normalized spacial score (nSPS) is 12.0. The maximum atomic E-state index is 5.82. The molecule has 0 unspecified atom stereocenters. The molecular formula is C9H13ClS2. The van der Waals surface area contributed by atoms with Crippen molar-refractivity contribution in [2.75, 3.05) is 0 Å². The lowest BCUT2D eigenvalue weighted by Crippen LogP contribution is -2.06. The summed E-state index contributed by atoms with van der Waals surface area (Å²) in [6.07, 6.45) is 0. The Kier molecular flexibility index (Phi) is 3.50. The summed E-state index contributed by atoms with van der Waals surface area (Å²) in [6.45, 7) is 6.69. The van der Waals surface area contributed by atoms with E-state index in [0.29, 0.717) is 4.75 Å². The molecule has 0 aliphatic heterocycles. The highest BCUT2D eigenvalue weighted by atomic mass is 35.5. The lowest BCUT2D eigenvalue weighted by Gasteiger charge is -2.16. The number of hydrogen-bond acceptors (Lipinski definition) is 2. The van der Waals surface area contributed by atoms with Crippen LogP contribution in [0.1, 0.15) is 25.6 Å². The summed E-state index contributed by atoms with van der Waals surface area (Å²) in [5.41, 5.74) is 0. The molecule has 1 rings (SSSR count). The molecule has 0 radical (unpaired) electrons. The maximum Gasteiger partial charge on any atom is 0.0931 e. The summed E-state index contributed by atoms with van der Waals surface area (Å²) in [5, 5.41) is 0. The van der Waals surface area contributed by atoms with Crippen molar-refractivity contribution < 1.29 is 0 Å². The van der Waals surface area contributed by atoms with E-state index in [1.165, 1.54) is 4.88 Å². The third-order valence-electron chi connectivity index (χ3n) is 1.28. The van der Waals surface area contributed by atoms with Gasteiger partial charge in [0.25, 0.3) is 0 Å². The van der Waals surface area contributed by atoms with Gasteiger partial charge in [-0.15, -0.1) is 11.3 Å². The molecule has 0 N–H and O–H groups in total. The predicted octanol–water partition coefficient (Wildman–Crippen LogP) is 4.43. The molecule has 68 valence electrons. The molecule has 0 spiro atoms. The molecule has 12 heavy (non-hydrogen) atoms. The van der Waals surface area contributed by atoms with Crippen molar-refractivity contribution in [1.82, 2.24) is 0 Å². The molecule has 0 saturated carbocycles. The topological polar surface area (TPSA) is 0 Å². The fourth-order valence-corrected chi connectivity index (χ4v) is 2.68. The van der Waals surface area contributed by atoms with Crippen LogP contribution in [0.4, 0.5) is 0 Å². The molecular weight excluding hydrogens is 208 g/mol. The average Bonchev–Trinajstić information content (AvgIpc) is 2.30. The number of thioether (sulfide) groups is 1. The van der Waals surface area contributed by atoms with Gasteiger partial charge in [0, 0.05) is 15.4 Å². The zero-order valence-electron chi connectivity index (χ0n) is 7.56. The Morgan fingerprint density at radius 1 is 1.42 bits per heavy atom. The van der Waals surface area contributed by atoms with Crippen molar-refractivity contribution in [3.63, 3.8) is 0 Å². The Hall–Kier alpha value is 0.340. The molecule has 0 aromatic carbocycles. The van der Waals surface area contributed by atoms with E-state index in [9.17, 15) is 0 Å². The van der Waals surface area contributed by atoms with Crippen molar-refractivity contribution >= 4 is 34.7 Å². The van der Waals surface area contributed by atoms with E-state index in [2.05, 4.69) is 26.8 Å². The van der Waals surface area contributed by atoms with E-state index in [1.807, 2.05) is 17.8 Å². The van der Waals surface area contributed by atoms with E-state index in [0.717, 1.165) is 10.1 Å². The average molecular weight is 221 g/mol. The van der Waals surface area contributed by atoms with Crippen molar-refractivity contribution in [2.24, 2.45) is 0 Å². The molecule has 0 atom stereocenters. The smallest absolute Gasteiger partial charge is 0.0931 e. The number of hydrogen-bond donors (Lipinski definition) is 0. The molecule has 0 aliphatic carbocycles. The fraction of sp³-hybridized carbons (Fsp3) is 0.556. The largest absolute Gasteiger partial charge is 0.150 e. The van der Waals surface area contributed by atoms with Gasteiger partial charge in [0.05, 0.1) is 4.34 Å². The summed E-state index contributed by atoms with van der Waals surface area (Å²) in [5.74, 6) is 1.07. The van der Waals surface area contributed by atoms with Gasteiger partial charge in [0.1, 0.15) is 0 Å². The molecule has 0 nitrogen and oxygen atoms in total. The van der Waals surface area contributed by atoms with E-state index >= 15 is 0 Å². The second-order valence-corrected chi connectivity index (χ2v) is 7.21. The van der Waals surface area contributed by atoms with E-state index in [1.54, 1.807) is 11.3 Å². The van der Waals surface area contributed by atoms with Crippen LogP contribution < -0.4 is 0 Å². The first-order valence-electron chi connectivity index (χ1n) is 3.85. The lowest BCUT2D eigenvalue weighted by atomic mass is 10.3. The Bertz CT molecular complexity index is 247. The van der Waals surface area contributed by atoms with Gasteiger partial charge in [-0.1, -0.05) is 32.4 Å². The summed E-state index contributed by atoms with van der Waals surface area (Å²) in [4.78, 5) is 1.36. The summed E-state index contributed by atoms with van der Waals surface area (Å²) >= 11 is 9.44. The van der Waals surface area contributed by atoms with Crippen LogP contribution in [-0.4, -0.2) is 4.75 Å². The van der Waals surface area contributed by atoms with Gasteiger partial charge in [-0.2, -0.15) is 11.8 Å². The third kappa shape index (κ3) is 3.83. The minimum Gasteiger partial charge on any atom is -0.150 e. The van der Waals surface area contributed by atoms with Gasteiger partial charge < -0.3 is 0 Å². The second kappa shape index (κ2) is 4.03. The first kappa shape index (κ1) is 10.4. The van der Waals surface area contributed by atoms with Crippen molar-refractivity contribution in [1.29, 1.82) is 0 Å². The highest BCUT2D eigenvalue weighted by Gasteiger charge is 2.10. The molecule has 0 aliphatic rings. The molecule has 1 heterocycles. The third-order valence-corrected chi connectivity index (χ3v) is 4.01. The molecule has 3 heteroatoms. The van der Waals surface area contributed by atoms with E-state index in [4.69, 9.17) is 11.6 Å². The minimum absolute atomic E-state index is 0.344. The monoisotopic (exact) mass is 220 g/mol. The van der Waals surface area contributed by atoms with Gasteiger partial charge in [-0.25, -0.2) is 0 Å². The first-order chi connectivity index (χ1) is 5.47. The van der Waals surface area contributed by atoms with Gasteiger partial charge in [0.2, 0.25) is 0 Å².